The Labute approximate surface area is 168 Å². The third-order valence-corrected chi connectivity index (χ3v) is 5.25. The fourth-order valence-corrected chi connectivity index (χ4v) is 3.59. The largest absolute Gasteiger partial charge is 0.352 e. The maximum atomic E-state index is 12.4. The van der Waals surface area contributed by atoms with Crippen LogP contribution in [0.2, 0.25) is 0 Å². The molecule has 5 heteroatoms. The Balaban J connectivity index is 1.45. The van der Waals surface area contributed by atoms with Gasteiger partial charge in [0.05, 0.1) is 0 Å². The van der Waals surface area contributed by atoms with E-state index in [1.165, 1.54) is 0 Å². The monoisotopic (exact) mass is 426 g/mol. The van der Waals surface area contributed by atoms with Crippen molar-refractivity contribution in [2.24, 2.45) is 5.92 Å². The van der Waals surface area contributed by atoms with E-state index in [1.54, 1.807) is 6.08 Å². The van der Waals surface area contributed by atoms with Crippen molar-refractivity contribution in [3.63, 3.8) is 0 Å². The Morgan fingerprint density at radius 2 is 1.81 bits per heavy atom. The van der Waals surface area contributed by atoms with Crippen molar-refractivity contribution in [2.45, 2.75) is 19.4 Å². The number of hydrogen-bond acceptors (Lipinski definition) is 2. The van der Waals surface area contributed by atoms with Gasteiger partial charge < -0.3 is 10.2 Å². The number of amides is 2. The Kier molecular flexibility index (Phi) is 6.82. The summed E-state index contributed by atoms with van der Waals surface area (Å²) in [6, 6.07) is 17.7. The summed E-state index contributed by atoms with van der Waals surface area (Å²) in [7, 11) is 0. The predicted octanol–water partition coefficient (Wildman–Crippen LogP) is 4.02. The van der Waals surface area contributed by atoms with Crippen LogP contribution in [0.4, 0.5) is 0 Å². The van der Waals surface area contributed by atoms with Crippen molar-refractivity contribution < 1.29 is 9.59 Å². The van der Waals surface area contributed by atoms with Gasteiger partial charge in [0.2, 0.25) is 11.8 Å². The van der Waals surface area contributed by atoms with Gasteiger partial charge in [0.15, 0.2) is 0 Å². The summed E-state index contributed by atoms with van der Waals surface area (Å²) in [5.74, 6) is 0.0561. The number of carbonyl (C=O) groups is 2. The molecule has 1 heterocycles. The van der Waals surface area contributed by atoms with Gasteiger partial charge in [0.1, 0.15) is 0 Å². The average molecular weight is 427 g/mol. The molecule has 0 aliphatic carbocycles. The normalized spacial score (nSPS) is 15.1. The average Bonchev–Trinajstić information content (AvgIpc) is 2.71. The molecule has 0 unspecified atom stereocenters. The van der Waals surface area contributed by atoms with Gasteiger partial charge in [-0.2, -0.15) is 0 Å². The fourth-order valence-electron chi connectivity index (χ4n) is 3.17. The first-order valence-corrected chi connectivity index (χ1v) is 9.95. The molecule has 1 fully saturated rings. The van der Waals surface area contributed by atoms with E-state index in [-0.39, 0.29) is 17.7 Å². The summed E-state index contributed by atoms with van der Waals surface area (Å²) in [6.07, 6.45) is 4.84. The first-order chi connectivity index (χ1) is 13.1. The van der Waals surface area contributed by atoms with Crippen LogP contribution < -0.4 is 5.32 Å². The molecule has 4 nitrogen and oxygen atoms in total. The number of rotatable bonds is 5. The first-order valence-electron chi connectivity index (χ1n) is 9.16. The number of nitrogens with zero attached hydrogens (tertiary/aromatic N) is 1. The smallest absolute Gasteiger partial charge is 0.246 e. The van der Waals surface area contributed by atoms with E-state index in [2.05, 4.69) is 21.2 Å². The maximum absolute atomic E-state index is 12.4. The van der Waals surface area contributed by atoms with Gasteiger partial charge in [-0.25, -0.2) is 0 Å². The molecule has 0 aromatic heterocycles. The van der Waals surface area contributed by atoms with E-state index in [9.17, 15) is 9.59 Å². The molecule has 1 aliphatic rings. The summed E-state index contributed by atoms with van der Waals surface area (Å²) in [6.45, 7) is 1.78. The molecule has 2 amide bonds. The highest BCUT2D eigenvalue weighted by atomic mass is 79.9. The van der Waals surface area contributed by atoms with Crippen LogP contribution in [0.25, 0.3) is 6.08 Å². The SMILES string of the molecule is O=C(NCc1ccccc1)C1CCN(C(=O)C=Cc2cccc(Br)c2)CC1. The second-order valence-electron chi connectivity index (χ2n) is 6.69. The number of hydrogen-bond donors (Lipinski definition) is 1. The molecule has 1 N–H and O–H groups in total. The number of benzene rings is 2. The highest BCUT2D eigenvalue weighted by Crippen LogP contribution is 2.18. The van der Waals surface area contributed by atoms with E-state index in [4.69, 9.17) is 0 Å². The minimum atomic E-state index is -0.0215. The predicted molar refractivity (Wildman–Crippen MR) is 111 cm³/mol. The standard InChI is InChI=1S/C22H23BrN2O2/c23-20-8-4-7-17(15-20)9-10-21(26)25-13-11-19(12-14-25)22(27)24-16-18-5-2-1-3-6-18/h1-10,15,19H,11-14,16H2,(H,24,27). The van der Waals surface area contributed by atoms with E-state index < -0.39 is 0 Å². The third-order valence-electron chi connectivity index (χ3n) is 4.75. The second-order valence-corrected chi connectivity index (χ2v) is 7.61. The first kappa shape index (κ1) is 19.4. The molecule has 3 rings (SSSR count). The minimum absolute atomic E-state index is 0.00174. The van der Waals surface area contributed by atoms with Crippen molar-refractivity contribution >= 4 is 33.8 Å². The zero-order valence-corrected chi connectivity index (χ0v) is 16.7. The number of likely N-dealkylation sites (tertiary alicyclic amines) is 1. The molecular formula is C22H23BrN2O2. The Bertz CT molecular complexity index is 812. The molecule has 0 atom stereocenters. The van der Waals surface area contributed by atoms with Gasteiger partial charge in [0, 0.05) is 36.1 Å². The van der Waals surface area contributed by atoms with Crippen LogP contribution in [0.5, 0.6) is 0 Å². The van der Waals surface area contributed by atoms with E-state index in [0.29, 0.717) is 32.5 Å². The Hall–Kier alpha value is -2.40. The van der Waals surface area contributed by atoms with Crippen molar-refractivity contribution in [2.75, 3.05) is 13.1 Å². The van der Waals surface area contributed by atoms with Crippen molar-refractivity contribution in [3.05, 3.63) is 76.3 Å². The Morgan fingerprint density at radius 1 is 1.07 bits per heavy atom. The zero-order chi connectivity index (χ0) is 19.1. The lowest BCUT2D eigenvalue weighted by atomic mass is 9.95. The lowest BCUT2D eigenvalue weighted by molar-refractivity contribution is -0.132. The molecule has 1 aliphatic heterocycles. The number of nitrogens with one attached hydrogen (secondary N) is 1. The van der Waals surface area contributed by atoms with Gasteiger partial charge in [-0.1, -0.05) is 58.4 Å². The van der Waals surface area contributed by atoms with Crippen LogP contribution >= 0.6 is 15.9 Å². The van der Waals surface area contributed by atoms with Crippen molar-refractivity contribution in [1.82, 2.24) is 10.2 Å². The van der Waals surface area contributed by atoms with Crippen LogP contribution in [0.3, 0.4) is 0 Å². The molecule has 140 valence electrons. The van der Waals surface area contributed by atoms with Gasteiger partial charge >= 0.3 is 0 Å². The van der Waals surface area contributed by atoms with Crippen LogP contribution in [0, 0.1) is 5.92 Å². The highest BCUT2D eigenvalue weighted by molar-refractivity contribution is 9.10. The third kappa shape index (κ3) is 5.79. The maximum Gasteiger partial charge on any atom is 0.246 e. The molecule has 0 spiro atoms. The van der Waals surface area contributed by atoms with Crippen LogP contribution in [0.15, 0.2) is 65.1 Å². The summed E-state index contributed by atoms with van der Waals surface area (Å²) < 4.78 is 0.986. The molecule has 1 saturated heterocycles. The molecule has 2 aromatic carbocycles. The number of piperidine rings is 1. The molecule has 27 heavy (non-hydrogen) atoms. The number of halogens is 1. The molecule has 0 bridgehead atoms. The lowest BCUT2D eigenvalue weighted by Crippen LogP contribution is -2.42. The summed E-state index contributed by atoms with van der Waals surface area (Å²) in [4.78, 5) is 26.5. The van der Waals surface area contributed by atoms with E-state index in [0.717, 1.165) is 15.6 Å². The summed E-state index contributed by atoms with van der Waals surface area (Å²) in [5, 5.41) is 3.00. The highest BCUT2D eigenvalue weighted by Gasteiger charge is 2.26. The van der Waals surface area contributed by atoms with Crippen molar-refractivity contribution in [1.29, 1.82) is 0 Å². The molecule has 0 saturated carbocycles. The van der Waals surface area contributed by atoms with Crippen LogP contribution in [-0.4, -0.2) is 29.8 Å². The lowest BCUT2D eigenvalue weighted by Gasteiger charge is -2.30. The van der Waals surface area contributed by atoms with Gasteiger partial charge in [-0.15, -0.1) is 0 Å². The topological polar surface area (TPSA) is 49.4 Å². The minimum Gasteiger partial charge on any atom is -0.352 e. The van der Waals surface area contributed by atoms with Crippen molar-refractivity contribution in [3.8, 4) is 0 Å². The van der Waals surface area contributed by atoms with Gasteiger partial charge in [-0.05, 0) is 42.2 Å². The molecule has 0 radical (unpaired) electrons. The summed E-state index contributed by atoms with van der Waals surface area (Å²) in [5.41, 5.74) is 2.07. The van der Waals surface area contributed by atoms with Gasteiger partial charge in [0.25, 0.3) is 0 Å². The zero-order valence-electron chi connectivity index (χ0n) is 15.1. The van der Waals surface area contributed by atoms with Crippen LogP contribution in [0.1, 0.15) is 24.0 Å². The Morgan fingerprint density at radius 3 is 2.52 bits per heavy atom. The van der Waals surface area contributed by atoms with Crippen LogP contribution in [-0.2, 0) is 16.1 Å². The molecular weight excluding hydrogens is 404 g/mol. The quantitative estimate of drug-likeness (QED) is 0.733. The fraction of sp³-hybridized carbons (Fsp3) is 0.273. The van der Waals surface area contributed by atoms with E-state index in [1.807, 2.05) is 65.6 Å². The van der Waals surface area contributed by atoms with Gasteiger partial charge in [-0.3, -0.25) is 9.59 Å². The van der Waals surface area contributed by atoms with E-state index >= 15 is 0 Å². The summed E-state index contributed by atoms with van der Waals surface area (Å²) >= 11 is 3.43. The molecule has 2 aromatic rings. The second kappa shape index (κ2) is 9.51. The number of carbonyl (C=O) groups excluding carboxylic acids is 2.